The number of aromatic nitrogens is 1. The van der Waals surface area contributed by atoms with Crippen molar-refractivity contribution in [3.63, 3.8) is 0 Å². The van der Waals surface area contributed by atoms with E-state index in [2.05, 4.69) is 4.90 Å². The highest BCUT2D eigenvalue weighted by Crippen LogP contribution is 2.42. The van der Waals surface area contributed by atoms with Gasteiger partial charge < -0.3 is 14.7 Å². The van der Waals surface area contributed by atoms with E-state index >= 15 is 0 Å². The molecule has 0 radical (unpaired) electrons. The van der Waals surface area contributed by atoms with Gasteiger partial charge in [0.05, 0.1) is 17.1 Å². The van der Waals surface area contributed by atoms with E-state index in [9.17, 15) is 5.11 Å². The zero-order chi connectivity index (χ0) is 14.4. The molecule has 2 fully saturated rings. The lowest BCUT2D eigenvalue weighted by molar-refractivity contribution is 0.298. The summed E-state index contributed by atoms with van der Waals surface area (Å²) < 4.78 is 5.98. The number of benzene rings is 1. The lowest BCUT2D eigenvalue weighted by Crippen LogP contribution is -2.38. The Morgan fingerprint density at radius 3 is 2.81 bits per heavy atom. The van der Waals surface area contributed by atoms with Crippen LogP contribution in [0.3, 0.4) is 0 Å². The van der Waals surface area contributed by atoms with Crippen LogP contribution in [0.1, 0.15) is 19.3 Å². The Labute approximate surface area is 128 Å². The smallest absolute Gasteiger partial charge is 0.181 e. The Bertz CT molecular complexity index is 696. The lowest BCUT2D eigenvalue weighted by atomic mass is 10.1. The first-order valence-corrected chi connectivity index (χ1v) is 7.80. The van der Waals surface area contributed by atoms with Gasteiger partial charge in [-0.3, -0.25) is 0 Å². The molecule has 1 aliphatic carbocycles. The number of pyridine rings is 1. The minimum Gasteiger partial charge on any atom is -0.508 e. The fourth-order valence-corrected chi connectivity index (χ4v) is 2.83. The van der Waals surface area contributed by atoms with Crippen molar-refractivity contribution in [2.75, 3.05) is 24.6 Å². The minimum absolute atomic E-state index is 0.191. The van der Waals surface area contributed by atoms with Crippen LogP contribution in [0.25, 0.3) is 10.9 Å². The Kier molecular flexibility index (Phi) is 3.07. The van der Waals surface area contributed by atoms with Gasteiger partial charge in [0, 0.05) is 18.5 Å². The summed E-state index contributed by atoms with van der Waals surface area (Å²) in [4.78, 5) is 6.90. The summed E-state index contributed by atoms with van der Waals surface area (Å²) in [7, 11) is 0. The Morgan fingerprint density at radius 1 is 1.33 bits per heavy atom. The molecule has 1 aromatic heterocycles. The first-order chi connectivity index (χ1) is 10.2. The predicted octanol–water partition coefficient (Wildman–Crippen LogP) is 3.59. The van der Waals surface area contributed by atoms with E-state index < -0.39 is 0 Å². The molecule has 2 aliphatic rings. The van der Waals surface area contributed by atoms with Crippen molar-refractivity contribution in [3.05, 3.63) is 23.2 Å². The van der Waals surface area contributed by atoms with Crippen molar-refractivity contribution in [1.29, 1.82) is 0 Å². The van der Waals surface area contributed by atoms with Crippen LogP contribution in [0.5, 0.6) is 11.5 Å². The molecule has 21 heavy (non-hydrogen) atoms. The molecule has 1 aromatic carbocycles. The van der Waals surface area contributed by atoms with E-state index in [1.165, 1.54) is 19.3 Å². The van der Waals surface area contributed by atoms with Crippen LogP contribution < -0.4 is 9.64 Å². The average Bonchev–Trinajstić information content (AvgIpc) is 3.21. The van der Waals surface area contributed by atoms with Crippen molar-refractivity contribution in [3.8, 4) is 11.5 Å². The number of phenolic OH excluding ortho intramolecular Hbond substituents is 1. The van der Waals surface area contributed by atoms with Gasteiger partial charge >= 0.3 is 0 Å². The maximum absolute atomic E-state index is 9.67. The molecule has 0 atom stereocenters. The van der Waals surface area contributed by atoms with Gasteiger partial charge in [-0.15, -0.1) is 0 Å². The Balaban J connectivity index is 1.81. The number of nitrogens with zero attached hydrogens (tertiary/aromatic N) is 2. The third-order valence-corrected chi connectivity index (χ3v) is 4.54. The Morgan fingerprint density at radius 2 is 2.14 bits per heavy atom. The topological polar surface area (TPSA) is 45.6 Å². The third kappa shape index (κ3) is 2.38. The summed E-state index contributed by atoms with van der Waals surface area (Å²) in [5.41, 5.74) is 0.790. The lowest BCUT2D eigenvalue weighted by Gasteiger charge is -2.33. The summed E-state index contributed by atoms with van der Waals surface area (Å²) in [6.45, 7) is 2.69. The number of rotatable bonds is 4. The van der Waals surface area contributed by atoms with Crippen LogP contribution >= 0.6 is 11.6 Å². The summed E-state index contributed by atoms with van der Waals surface area (Å²) in [6.07, 6.45) is 3.64. The molecular formula is C16H17ClN2O2. The van der Waals surface area contributed by atoms with E-state index in [0.29, 0.717) is 23.3 Å². The maximum atomic E-state index is 9.67. The van der Waals surface area contributed by atoms with Gasteiger partial charge in [0.25, 0.3) is 0 Å². The number of ether oxygens (including phenoxy) is 1. The summed E-state index contributed by atoms with van der Waals surface area (Å²) in [6, 6.07) is 5.08. The molecule has 1 saturated carbocycles. The van der Waals surface area contributed by atoms with Crippen molar-refractivity contribution in [1.82, 2.24) is 4.98 Å². The molecule has 0 spiro atoms. The van der Waals surface area contributed by atoms with Gasteiger partial charge in [-0.05, 0) is 43.4 Å². The highest BCUT2D eigenvalue weighted by atomic mass is 35.5. The Hall–Kier alpha value is -1.68. The quantitative estimate of drug-likeness (QED) is 0.937. The monoisotopic (exact) mass is 304 g/mol. The van der Waals surface area contributed by atoms with Gasteiger partial charge in [-0.1, -0.05) is 11.6 Å². The van der Waals surface area contributed by atoms with E-state index in [1.54, 1.807) is 18.2 Å². The molecule has 2 heterocycles. The molecular weight excluding hydrogens is 288 g/mol. The van der Waals surface area contributed by atoms with Crippen LogP contribution in [0.15, 0.2) is 18.2 Å². The van der Waals surface area contributed by atoms with Crippen molar-refractivity contribution >= 4 is 28.3 Å². The molecule has 1 N–H and O–H groups in total. The number of anilines is 1. The minimum atomic E-state index is 0.191. The molecule has 5 heteroatoms. The van der Waals surface area contributed by atoms with Crippen LogP contribution in [0.2, 0.25) is 5.02 Å². The molecule has 2 aromatic rings. The number of hydrogen-bond donors (Lipinski definition) is 1. The number of halogens is 1. The van der Waals surface area contributed by atoms with Gasteiger partial charge in [0.1, 0.15) is 5.75 Å². The second kappa shape index (κ2) is 4.95. The van der Waals surface area contributed by atoms with Crippen molar-refractivity contribution < 1.29 is 9.84 Å². The van der Waals surface area contributed by atoms with Crippen LogP contribution in [0.4, 0.5) is 5.82 Å². The van der Waals surface area contributed by atoms with Crippen LogP contribution in [0, 0.1) is 5.92 Å². The molecule has 1 aliphatic heterocycles. The third-order valence-electron chi connectivity index (χ3n) is 4.16. The largest absolute Gasteiger partial charge is 0.508 e. The molecule has 4 rings (SSSR count). The van der Waals surface area contributed by atoms with Crippen LogP contribution in [-0.4, -0.2) is 29.8 Å². The first kappa shape index (κ1) is 13.0. The van der Waals surface area contributed by atoms with Crippen molar-refractivity contribution in [2.45, 2.75) is 19.3 Å². The zero-order valence-corrected chi connectivity index (χ0v) is 12.4. The molecule has 110 valence electrons. The summed E-state index contributed by atoms with van der Waals surface area (Å²) >= 11 is 6.54. The second-order valence-electron chi connectivity index (χ2n) is 5.87. The molecule has 4 nitrogen and oxygen atoms in total. The fourth-order valence-electron chi connectivity index (χ4n) is 2.54. The molecule has 1 saturated heterocycles. The fraction of sp³-hybridized carbons (Fsp3) is 0.438. The van der Waals surface area contributed by atoms with Gasteiger partial charge in [0.2, 0.25) is 0 Å². The second-order valence-corrected chi connectivity index (χ2v) is 6.25. The summed E-state index contributed by atoms with van der Waals surface area (Å²) in [5, 5.41) is 11.0. The highest BCUT2D eigenvalue weighted by molar-refractivity contribution is 6.37. The first-order valence-electron chi connectivity index (χ1n) is 7.42. The van der Waals surface area contributed by atoms with Crippen LogP contribution in [-0.2, 0) is 0 Å². The normalized spacial score (nSPS) is 17.9. The number of aromatic hydroxyl groups is 1. The van der Waals surface area contributed by atoms with Gasteiger partial charge in [-0.25, -0.2) is 4.98 Å². The predicted molar refractivity (Wildman–Crippen MR) is 83.5 cm³/mol. The van der Waals surface area contributed by atoms with Gasteiger partial charge in [0.15, 0.2) is 11.6 Å². The van der Waals surface area contributed by atoms with E-state index in [-0.39, 0.29) is 5.75 Å². The zero-order valence-electron chi connectivity index (χ0n) is 11.7. The highest BCUT2D eigenvalue weighted by Gasteiger charge is 2.27. The van der Waals surface area contributed by atoms with E-state index in [1.807, 2.05) is 0 Å². The van der Waals surface area contributed by atoms with Crippen molar-refractivity contribution in [2.24, 2.45) is 5.92 Å². The SMILES string of the molecule is Oc1ccc2nc(N3CCC3)c(OCC3CC3)c(Cl)c2c1. The number of phenols is 1. The van der Waals surface area contributed by atoms with E-state index in [4.69, 9.17) is 21.3 Å². The number of hydrogen-bond acceptors (Lipinski definition) is 4. The standard InChI is InChI=1S/C16H17ClN2O2/c17-14-12-8-11(20)4-5-13(12)18-16(19-6-1-7-19)15(14)21-9-10-2-3-10/h4-5,8,10,20H,1-3,6-7,9H2. The molecule has 0 unspecified atom stereocenters. The average molecular weight is 305 g/mol. The molecule has 0 bridgehead atoms. The molecule has 0 amide bonds. The summed E-state index contributed by atoms with van der Waals surface area (Å²) in [5.74, 6) is 2.35. The van der Waals surface area contributed by atoms with Gasteiger partial charge in [-0.2, -0.15) is 0 Å². The maximum Gasteiger partial charge on any atom is 0.181 e. The number of fused-ring (bicyclic) bond motifs is 1. The van der Waals surface area contributed by atoms with E-state index in [0.717, 1.165) is 29.8 Å².